The second kappa shape index (κ2) is 8.37. The lowest BCUT2D eigenvalue weighted by Crippen LogP contribution is -2.27. The van der Waals surface area contributed by atoms with Crippen LogP contribution in [0.4, 0.5) is 0 Å². The van der Waals surface area contributed by atoms with Crippen LogP contribution >= 0.6 is 11.6 Å². The number of alkyl halides is 1. The molecule has 102 valence electrons. The van der Waals surface area contributed by atoms with Gasteiger partial charge < -0.3 is 4.90 Å². The van der Waals surface area contributed by atoms with E-state index in [0.29, 0.717) is 0 Å². The van der Waals surface area contributed by atoms with E-state index < -0.39 is 0 Å². The van der Waals surface area contributed by atoms with Crippen molar-refractivity contribution in [1.29, 1.82) is 0 Å². The lowest BCUT2D eigenvalue weighted by Gasteiger charge is -2.22. The van der Waals surface area contributed by atoms with Gasteiger partial charge in [0.05, 0.1) is 0 Å². The molecule has 1 aliphatic heterocycles. The Morgan fingerprint density at radius 3 is 2.53 bits per heavy atom. The summed E-state index contributed by atoms with van der Waals surface area (Å²) in [5.41, 5.74) is 0. The minimum atomic E-state index is 0.789. The number of hydrogen-bond acceptors (Lipinski definition) is 1. The standard InChI is InChI=1S/C15H30ClN/c1-13(2)15-5-4-10-17(12-8-15)11-7-14(3)6-9-16/h13-15H,4-12H2,1-3H3. The van der Waals surface area contributed by atoms with Gasteiger partial charge in [-0.25, -0.2) is 0 Å². The van der Waals surface area contributed by atoms with Gasteiger partial charge in [-0.3, -0.25) is 0 Å². The molecule has 1 nitrogen and oxygen atoms in total. The fourth-order valence-corrected chi connectivity index (χ4v) is 3.18. The van der Waals surface area contributed by atoms with Crippen molar-refractivity contribution < 1.29 is 0 Å². The Balaban J connectivity index is 2.22. The number of rotatable bonds is 6. The normalized spacial score (nSPS) is 24.9. The summed E-state index contributed by atoms with van der Waals surface area (Å²) >= 11 is 5.78. The first-order valence-corrected chi connectivity index (χ1v) is 7.95. The van der Waals surface area contributed by atoms with Crippen LogP contribution in [0.25, 0.3) is 0 Å². The van der Waals surface area contributed by atoms with Crippen LogP contribution in [0.1, 0.15) is 52.9 Å². The Bertz CT molecular complexity index is 193. The summed E-state index contributed by atoms with van der Waals surface area (Å²) in [6.07, 6.45) is 6.72. The van der Waals surface area contributed by atoms with Gasteiger partial charge in [0.1, 0.15) is 0 Å². The largest absolute Gasteiger partial charge is 0.303 e. The molecule has 0 saturated carbocycles. The van der Waals surface area contributed by atoms with Crippen LogP contribution in [0.3, 0.4) is 0 Å². The molecule has 2 heteroatoms. The molecule has 0 N–H and O–H groups in total. The summed E-state index contributed by atoms with van der Waals surface area (Å²) in [5.74, 6) is 3.43. The second-order valence-electron chi connectivity index (χ2n) is 6.15. The van der Waals surface area contributed by atoms with E-state index >= 15 is 0 Å². The molecule has 1 fully saturated rings. The first-order chi connectivity index (χ1) is 8.13. The number of likely N-dealkylation sites (tertiary alicyclic amines) is 1. The molecule has 0 aliphatic carbocycles. The van der Waals surface area contributed by atoms with E-state index in [2.05, 4.69) is 25.7 Å². The van der Waals surface area contributed by atoms with E-state index in [1.165, 1.54) is 51.7 Å². The minimum Gasteiger partial charge on any atom is -0.303 e. The van der Waals surface area contributed by atoms with Crippen LogP contribution in [0.5, 0.6) is 0 Å². The first kappa shape index (κ1) is 15.3. The molecule has 0 aromatic rings. The summed E-state index contributed by atoms with van der Waals surface area (Å²) in [6.45, 7) is 11.0. The molecule has 1 rings (SSSR count). The van der Waals surface area contributed by atoms with Crippen LogP contribution in [0, 0.1) is 17.8 Å². The van der Waals surface area contributed by atoms with Gasteiger partial charge in [-0.15, -0.1) is 11.6 Å². The van der Waals surface area contributed by atoms with Gasteiger partial charge in [-0.05, 0) is 69.5 Å². The molecule has 0 aromatic carbocycles. The zero-order valence-electron chi connectivity index (χ0n) is 11.9. The third-order valence-corrected chi connectivity index (χ3v) is 4.57. The summed E-state index contributed by atoms with van der Waals surface area (Å²) in [4.78, 5) is 2.67. The van der Waals surface area contributed by atoms with Crippen molar-refractivity contribution in [3.05, 3.63) is 0 Å². The fraction of sp³-hybridized carbons (Fsp3) is 1.00. The van der Waals surface area contributed by atoms with Crippen molar-refractivity contribution >= 4 is 11.6 Å². The van der Waals surface area contributed by atoms with Gasteiger partial charge >= 0.3 is 0 Å². The van der Waals surface area contributed by atoms with Crippen LogP contribution < -0.4 is 0 Å². The van der Waals surface area contributed by atoms with Crippen molar-refractivity contribution in [3.8, 4) is 0 Å². The maximum Gasteiger partial charge on any atom is 0.0225 e. The van der Waals surface area contributed by atoms with Crippen LogP contribution in [0.15, 0.2) is 0 Å². The summed E-state index contributed by atoms with van der Waals surface area (Å²) < 4.78 is 0. The molecule has 0 spiro atoms. The van der Waals surface area contributed by atoms with E-state index in [1.54, 1.807) is 0 Å². The maximum atomic E-state index is 5.78. The molecule has 0 bridgehead atoms. The summed E-state index contributed by atoms with van der Waals surface area (Å²) in [5, 5.41) is 0. The monoisotopic (exact) mass is 259 g/mol. The quantitative estimate of drug-likeness (QED) is 0.639. The van der Waals surface area contributed by atoms with Crippen molar-refractivity contribution in [2.75, 3.05) is 25.5 Å². The maximum absolute atomic E-state index is 5.78. The second-order valence-corrected chi connectivity index (χ2v) is 6.53. The Kier molecular flexibility index (Phi) is 7.54. The van der Waals surface area contributed by atoms with Crippen molar-refractivity contribution in [1.82, 2.24) is 4.90 Å². The Hall–Kier alpha value is 0.250. The van der Waals surface area contributed by atoms with Gasteiger partial charge in [-0.1, -0.05) is 20.8 Å². The average Bonchev–Trinajstić information content (AvgIpc) is 2.52. The topological polar surface area (TPSA) is 3.24 Å². The van der Waals surface area contributed by atoms with E-state index in [4.69, 9.17) is 11.6 Å². The van der Waals surface area contributed by atoms with E-state index in [9.17, 15) is 0 Å². The van der Waals surface area contributed by atoms with Crippen LogP contribution in [-0.2, 0) is 0 Å². The highest BCUT2D eigenvalue weighted by Gasteiger charge is 2.19. The number of nitrogens with zero attached hydrogens (tertiary/aromatic N) is 1. The Morgan fingerprint density at radius 1 is 1.12 bits per heavy atom. The predicted molar refractivity (Wildman–Crippen MR) is 77.7 cm³/mol. The van der Waals surface area contributed by atoms with Gasteiger partial charge in [0, 0.05) is 5.88 Å². The molecule has 1 aliphatic rings. The molecule has 1 heterocycles. The smallest absolute Gasteiger partial charge is 0.0225 e. The average molecular weight is 260 g/mol. The van der Waals surface area contributed by atoms with Crippen LogP contribution in [0.2, 0.25) is 0 Å². The molecule has 2 unspecified atom stereocenters. The zero-order chi connectivity index (χ0) is 12.7. The van der Waals surface area contributed by atoms with Gasteiger partial charge in [0.25, 0.3) is 0 Å². The predicted octanol–water partition coefficient (Wildman–Crippen LogP) is 4.40. The lowest BCUT2D eigenvalue weighted by molar-refractivity contribution is 0.253. The SMILES string of the molecule is CC(CCCl)CCN1CCCC(C(C)C)CC1. The van der Waals surface area contributed by atoms with E-state index in [0.717, 1.165) is 23.6 Å². The third kappa shape index (κ3) is 6.10. The molecule has 0 amide bonds. The van der Waals surface area contributed by atoms with E-state index in [-0.39, 0.29) is 0 Å². The fourth-order valence-electron chi connectivity index (χ4n) is 2.81. The molecular formula is C15H30ClN. The molecule has 17 heavy (non-hydrogen) atoms. The van der Waals surface area contributed by atoms with Crippen molar-refractivity contribution in [3.63, 3.8) is 0 Å². The van der Waals surface area contributed by atoms with Gasteiger partial charge in [-0.2, -0.15) is 0 Å². The summed E-state index contributed by atoms with van der Waals surface area (Å²) in [6, 6.07) is 0. The summed E-state index contributed by atoms with van der Waals surface area (Å²) in [7, 11) is 0. The molecule has 1 saturated heterocycles. The Labute approximate surface area is 113 Å². The third-order valence-electron chi connectivity index (χ3n) is 4.35. The van der Waals surface area contributed by atoms with Crippen molar-refractivity contribution in [2.45, 2.75) is 52.9 Å². The minimum absolute atomic E-state index is 0.789. The first-order valence-electron chi connectivity index (χ1n) is 7.41. The number of hydrogen-bond donors (Lipinski definition) is 0. The van der Waals surface area contributed by atoms with Gasteiger partial charge in [0.15, 0.2) is 0 Å². The molecular weight excluding hydrogens is 230 g/mol. The number of halogens is 1. The molecule has 2 atom stereocenters. The Morgan fingerprint density at radius 2 is 1.88 bits per heavy atom. The zero-order valence-corrected chi connectivity index (χ0v) is 12.7. The van der Waals surface area contributed by atoms with E-state index in [1.807, 2.05) is 0 Å². The highest BCUT2D eigenvalue weighted by Crippen LogP contribution is 2.24. The molecule has 0 aromatic heterocycles. The van der Waals surface area contributed by atoms with Gasteiger partial charge in [0.2, 0.25) is 0 Å². The lowest BCUT2D eigenvalue weighted by atomic mass is 9.89. The highest BCUT2D eigenvalue weighted by atomic mass is 35.5. The van der Waals surface area contributed by atoms with Crippen LogP contribution in [-0.4, -0.2) is 30.4 Å². The van der Waals surface area contributed by atoms with Crippen molar-refractivity contribution in [2.24, 2.45) is 17.8 Å². The highest BCUT2D eigenvalue weighted by molar-refractivity contribution is 6.17. The molecule has 0 radical (unpaired) electrons.